The Kier molecular flexibility index (Phi) is 5.00. The lowest BCUT2D eigenvalue weighted by Gasteiger charge is -2.39. The Labute approximate surface area is 149 Å². The first-order valence-electron chi connectivity index (χ1n) is 8.85. The van der Waals surface area contributed by atoms with E-state index in [1.807, 2.05) is 53.5 Å². The minimum absolute atomic E-state index is 0.117. The Morgan fingerprint density at radius 1 is 0.960 bits per heavy atom. The smallest absolute Gasteiger partial charge is 0.273 e. The van der Waals surface area contributed by atoms with Crippen LogP contribution >= 0.6 is 0 Å². The van der Waals surface area contributed by atoms with E-state index >= 15 is 0 Å². The van der Waals surface area contributed by atoms with Crippen LogP contribution in [0.15, 0.2) is 60.7 Å². The van der Waals surface area contributed by atoms with Gasteiger partial charge >= 0.3 is 0 Å². The van der Waals surface area contributed by atoms with E-state index in [1.54, 1.807) is 12.1 Å². The number of rotatable bonds is 5. The third-order valence-electron chi connectivity index (χ3n) is 5.21. The molecule has 2 aromatic carbocycles. The molecule has 0 N–H and O–H groups in total. The van der Waals surface area contributed by atoms with Gasteiger partial charge in [-0.3, -0.25) is 9.59 Å². The molecule has 0 bridgehead atoms. The van der Waals surface area contributed by atoms with Crippen LogP contribution in [0.2, 0.25) is 0 Å². The molecule has 0 saturated carbocycles. The zero-order chi connectivity index (χ0) is 17.9. The fourth-order valence-corrected chi connectivity index (χ4v) is 3.58. The molecule has 130 valence electrons. The summed E-state index contributed by atoms with van der Waals surface area (Å²) in [5.41, 5.74) is 1.32. The van der Waals surface area contributed by atoms with Crippen LogP contribution < -0.4 is 0 Å². The lowest BCUT2D eigenvalue weighted by atomic mass is 9.89. The van der Waals surface area contributed by atoms with Crippen molar-refractivity contribution in [1.29, 1.82) is 0 Å². The number of carbonyl (C=O) groups excluding carboxylic acids is 2. The maximum Gasteiger partial charge on any atom is 0.275 e. The molecule has 3 rings (SSSR count). The molecule has 0 aliphatic carbocycles. The highest BCUT2D eigenvalue weighted by atomic mass is 16.2. The number of hydrogen-bond donors (Lipinski definition) is 0. The molecule has 2 aromatic rings. The first-order chi connectivity index (χ1) is 12.1. The van der Waals surface area contributed by atoms with Crippen LogP contribution in [0, 0.1) is 0 Å². The number of carbonyl (C=O) groups is 2. The van der Waals surface area contributed by atoms with Crippen molar-refractivity contribution in [3.63, 3.8) is 0 Å². The minimum atomic E-state index is -0.308. The number of amides is 2. The maximum absolute atomic E-state index is 13.0. The molecular formula is C21H24N2O2. The van der Waals surface area contributed by atoms with Crippen LogP contribution in [-0.2, 0) is 11.3 Å². The summed E-state index contributed by atoms with van der Waals surface area (Å²) in [6, 6.07) is 19.0. The van der Waals surface area contributed by atoms with Gasteiger partial charge in [0.15, 0.2) is 0 Å². The second-order valence-corrected chi connectivity index (χ2v) is 6.53. The second-order valence-electron chi connectivity index (χ2n) is 6.53. The van der Waals surface area contributed by atoms with Crippen LogP contribution in [0.4, 0.5) is 0 Å². The van der Waals surface area contributed by atoms with Gasteiger partial charge in [-0.05, 0) is 30.5 Å². The van der Waals surface area contributed by atoms with Gasteiger partial charge in [-0.15, -0.1) is 0 Å². The SMILES string of the molecule is CCC1(CC)CC(=O)N(C(=O)c2ccccc2)N1Cc1ccccc1. The zero-order valence-corrected chi connectivity index (χ0v) is 14.8. The molecule has 4 nitrogen and oxygen atoms in total. The summed E-state index contributed by atoms with van der Waals surface area (Å²) in [6.07, 6.45) is 2.02. The third-order valence-corrected chi connectivity index (χ3v) is 5.21. The van der Waals surface area contributed by atoms with Crippen LogP contribution in [0.1, 0.15) is 49.0 Å². The van der Waals surface area contributed by atoms with Crippen molar-refractivity contribution in [1.82, 2.24) is 10.0 Å². The largest absolute Gasteiger partial charge is 0.275 e. The fraction of sp³-hybridized carbons (Fsp3) is 0.333. The van der Waals surface area contributed by atoms with Gasteiger partial charge in [0.05, 0.1) is 0 Å². The van der Waals surface area contributed by atoms with Gasteiger partial charge in [0.25, 0.3) is 5.91 Å². The van der Waals surface area contributed by atoms with E-state index in [2.05, 4.69) is 13.8 Å². The van der Waals surface area contributed by atoms with Crippen LogP contribution in [0.3, 0.4) is 0 Å². The van der Waals surface area contributed by atoms with E-state index in [4.69, 9.17) is 0 Å². The minimum Gasteiger partial charge on any atom is -0.273 e. The molecule has 0 unspecified atom stereocenters. The lowest BCUT2D eigenvalue weighted by Crippen LogP contribution is -2.51. The van der Waals surface area contributed by atoms with E-state index in [0.717, 1.165) is 18.4 Å². The van der Waals surface area contributed by atoms with Gasteiger partial charge in [0.1, 0.15) is 0 Å². The highest BCUT2D eigenvalue weighted by molar-refractivity contribution is 6.05. The van der Waals surface area contributed by atoms with E-state index in [-0.39, 0.29) is 17.4 Å². The predicted octanol–water partition coefficient (Wildman–Crippen LogP) is 4.04. The number of hydrogen-bond acceptors (Lipinski definition) is 3. The lowest BCUT2D eigenvalue weighted by molar-refractivity contribution is -0.135. The van der Waals surface area contributed by atoms with Crippen LogP contribution in [0.25, 0.3) is 0 Å². The van der Waals surface area contributed by atoms with Crippen LogP contribution in [-0.4, -0.2) is 27.4 Å². The molecule has 25 heavy (non-hydrogen) atoms. The van der Waals surface area contributed by atoms with E-state index in [0.29, 0.717) is 18.5 Å². The number of nitrogens with zero attached hydrogens (tertiary/aromatic N) is 2. The van der Waals surface area contributed by atoms with Gasteiger partial charge in [-0.25, -0.2) is 10.0 Å². The highest BCUT2D eigenvalue weighted by Crippen LogP contribution is 2.38. The van der Waals surface area contributed by atoms with Crippen molar-refractivity contribution in [2.45, 2.75) is 45.2 Å². The van der Waals surface area contributed by atoms with Gasteiger partial charge in [-0.2, -0.15) is 0 Å². The van der Waals surface area contributed by atoms with Gasteiger partial charge < -0.3 is 0 Å². The Morgan fingerprint density at radius 2 is 1.52 bits per heavy atom. The molecule has 0 atom stereocenters. The van der Waals surface area contributed by atoms with Crippen molar-refractivity contribution >= 4 is 11.8 Å². The summed E-state index contributed by atoms with van der Waals surface area (Å²) < 4.78 is 0. The second kappa shape index (κ2) is 7.19. The summed E-state index contributed by atoms with van der Waals surface area (Å²) in [6.45, 7) is 4.73. The summed E-state index contributed by atoms with van der Waals surface area (Å²) in [4.78, 5) is 25.8. The zero-order valence-electron chi connectivity index (χ0n) is 14.8. The van der Waals surface area contributed by atoms with Crippen LogP contribution in [0.5, 0.6) is 0 Å². The molecule has 1 saturated heterocycles. The first-order valence-corrected chi connectivity index (χ1v) is 8.85. The van der Waals surface area contributed by atoms with Gasteiger partial charge in [0, 0.05) is 24.1 Å². The molecular weight excluding hydrogens is 312 g/mol. The molecule has 2 amide bonds. The topological polar surface area (TPSA) is 40.6 Å². The molecule has 0 aromatic heterocycles. The first kappa shape index (κ1) is 17.4. The molecule has 1 aliphatic rings. The Balaban J connectivity index is 1.99. The number of imide groups is 1. The van der Waals surface area contributed by atoms with Gasteiger partial charge in [-0.1, -0.05) is 62.4 Å². The normalized spacial score (nSPS) is 17.0. The molecule has 0 radical (unpaired) electrons. The molecule has 0 spiro atoms. The van der Waals surface area contributed by atoms with Crippen molar-refractivity contribution in [2.75, 3.05) is 0 Å². The van der Waals surface area contributed by atoms with E-state index in [1.165, 1.54) is 5.01 Å². The summed E-state index contributed by atoms with van der Waals surface area (Å²) >= 11 is 0. The monoisotopic (exact) mass is 336 g/mol. The predicted molar refractivity (Wildman–Crippen MR) is 97.5 cm³/mol. The molecule has 1 fully saturated rings. The summed E-state index contributed by atoms with van der Waals surface area (Å²) in [7, 11) is 0. The van der Waals surface area contributed by atoms with Crippen molar-refractivity contribution in [3.8, 4) is 0 Å². The fourth-order valence-electron chi connectivity index (χ4n) is 3.58. The van der Waals surface area contributed by atoms with E-state index < -0.39 is 0 Å². The average Bonchev–Trinajstić information content (AvgIpc) is 2.94. The highest BCUT2D eigenvalue weighted by Gasteiger charge is 2.50. The molecule has 1 aliphatic heterocycles. The number of hydrazine groups is 1. The molecule has 1 heterocycles. The Bertz CT molecular complexity index is 739. The Hall–Kier alpha value is -2.46. The molecule has 4 heteroatoms. The van der Waals surface area contributed by atoms with Crippen molar-refractivity contribution in [2.24, 2.45) is 0 Å². The van der Waals surface area contributed by atoms with E-state index in [9.17, 15) is 9.59 Å². The average molecular weight is 336 g/mol. The summed E-state index contributed by atoms with van der Waals surface area (Å²) in [5.74, 6) is -0.362. The maximum atomic E-state index is 13.0. The van der Waals surface area contributed by atoms with Crippen molar-refractivity contribution in [3.05, 3.63) is 71.8 Å². The van der Waals surface area contributed by atoms with Gasteiger partial charge in [0.2, 0.25) is 5.91 Å². The standard InChI is InChI=1S/C21H24N2O2/c1-3-21(4-2)15-19(24)23(20(25)18-13-9-6-10-14-18)22(21)16-17-11-7-5-8-12-17/h5-14H,3-4,15-16H2,1-2H3. The number of benzene rings is 2. The van der Waals surface area contributed by atoms with Crippen molar-refractivity contribution < 1.29 is 9.59 Å². The quantitative estimate of drug-likeness (QED) is 0.774. The Morgan fingerprint density at radius 3 is 2.08 bits per heavy atom. The summed E-state index contributed by atoms with van der Waals surface area (Å²) in [5, 5.41) is 3.36. The third kappa shape index (κ3) is 3.22.